The average Bonchev–Trinajstić information content (AvgIpc) is 2.18. The van der Waals surface area contributed by atoms with Gasteiger partial charge in [-0.25, -0.2) is 4.79 Å². The van der Waals surface area contributed by atoms with Crippen molar-refractivity contribution in [1.82, 2.24) is 5.32 Å². The summed E-state index contributed by atoms with van der Waals surface area (Å²) >= 11 is 0. The maximum atomic E-state index is 11.2. The van der Waals surface area contributed by atoms with Gasteiger partial charge in [0.1, 0.15) is 0 Å². The molecule has 1 rings (SSSR count). The Kier molecular flexibility index (Phi) is 4.16. The molecule has 1 atom stereocenters. The van der Waals surface area contributed by atoms with Gasteiger partial charge < -0.3 is 10.1 Å². The van der Waals surface area contributed by atoms with E-state index in [0.717, 1.165) is 5.56 Å². The van der Waals surface area contributed by atoms with Crippen molar-refractivity contribution in [3.05, 3.63) is 35.4 Å². The van der Waals surface area contributed by atoms with Crippen LogP contribution in [-0.2, 0) is 4.74 Å². The summed E-state index contributed by atoms with van der Waals surface area (Å²) in [5.41, 5.74) is 2.28. The first-order valence-electron chi connectivity index (χ1n) is 5.14. The predicted octanol–water partition coefficient (Wildman–Crippen LogP) is 2.80. The number of hydrogen-bond donors (Lipinski definition) is 1. The predicted molar refractivity (Wildman–Crippen MR) is 59.8 cm³/mol. The Balaban J connectivity index is 2.65. The molecule has 0 radical (unpaired) electrons. The first-order valence-corrected chi connectivity index (χ1v) is 5.14. The molecule has 1 N–H and O–H groups in total. The maximum absolute atomic E-state index is 11.2. The Hall–Kier alpha value is -1.51. The largest absolute Gasteiger partial charge is 0.450 e. The van der Waals surface area contributed by atoms with Crippen molar-refractivity contribution in [3.8, 4) is 0 Å². The number of aryl methyl sites for hydroxylation is 1. The van der Waals surface area contributed by atoms with Gasteiger partial charge in [-0.2, -0.15) is 0 Å². The quantitative estimate of drug-likeness (QED) is 0.827. The van der Waals surface area contributed by atoms with Gasteiger partial charge in [0, 0.05) is 0 Å². The second-order valence-corrected chi connectivity index (χ2v) is 3.44. The molecule has 82 valence electrons. The first-order chi connectivity index (χ1) is 7.15. The zero-order valence-corrected chi connectivity index (χ0v) is 9.41. The van der Waals surface area contributed by atoms with Gasteiger partial charge in [0.15, 0.2) is 0 Å². The Morgan fingerprint density at radius 1 is 1.47 bits per heavy atom. The lowest BCUT2D eigenvalue weighted by Gasteiger charge is -2.15. The summed E-state index contributed by atoms with van der Waals surface area (Å²) in [4.78, 5) is 11.2. The topological polar surface area (TPSA) is 38.3 Å². The SMILES string of the molecule is CCOC(=O)NC(C)c1ccccc1C. The normalized spacial score (nSPS) is 11.9. The molecule has 0 aliphatic rings. The summed E-state index contributed by atoms with van der Waals surface area (Å²) in [6, 6.07) is 7.96. The van der Waals surface area contributed by atoms with Crippen molar-refractivity contribution >= 4 is 6.09 Å². The average molecular weight is 207 g/mol. The first kappa shape index (κ1) is 11.6. The van der Waals surface area contributed by atoms with Crippen LogP contribution < -0.4 is 5.32 Å². The summed E-state index contributed by atoms with van der Waals surface area (Å²) in [6.45, 7) is 6.16. The summed E-state index contributed by atoms with van der Waals surface area (Å²) in [5.74, 6) is 0. The molecule has 1 aromatic carbocycles. The van der Waals surface area contributed by atoms with E-state index < -0.39 is 0 Å². The molecular weight excluding hydrogens is 190 g/mol. The number of carbonyl (C=O) groups is 1. The van der Waals surface area contributed by atoms with Gasteiger partial charge in [-0.15, -0.1) is 0 Å². The van der Waals surface area contributed by atoms with E-state index in [9.17, 15) is 4.79 Å². The Bertz CT molecular complexity index is 336. The minimum atomic E-state index is -0.367. The van der Waals surface area contributed by atoms with E-state index in [2.05, 4.69) is 5.32 Å². The summed E-state index contributed by atoms with van der Waals surface area (Å²) < 4.78 is 4.82. The fraction of sp³-hybridized carbons (Fsp3) is 0.417. The number of ether oxygens (including phenoxy) is 1. The van der Waals surface area contributed by atoms with Gasteiger partial charge in [-0.05, 0) is 31.9 Å². The highest BCUT2D eigenvalue weighted by Gasteiger charge is 2.10. The molecule has 15 heavy (non-hydrogen) atoms. The number of benzene rings is 1. The molecule has 0 saturated heterocycles. The molecule has 0 aliphatic heterocycles. The van der Waals surface area contributed by atoms with Crippen molar-refractivity contribution in [2.24, 2.45) is 0 Å². The number of amides is 1. The van der Waals surface area contributed by atoms with E-state index in [0.29, 0.717) is 6.61 Å². The van der Waals surface area contributed by atoms with E-state index in [-0.39, 0.29) is 12.1 Å². The van der Waals surface area contributed by atoms with Gasteiger partial charge in [0.2, 0.25) is 0 Å². The molecule has 0 aliphatic carbocycles. The lowest BCUT2D eigenvalue weighted by atomic mass is 10.0. The van der Waals surface area contributed by atoms with E-state index in [1.807, 2.05) is 38.1 Å². The number of carbonyl (C=O) groups excluding carboxylic acids is 1. The standard InChI is InChI=1S/C12H17NO2/c1-4-15-12(14)13-10(3)11-8-6-5-7-9(11)2/h5-8,10H,4H2,1-3H3,(H,13,14). The molecule has 1 amide bonds. The zero-order valence-electron chi connectivity index (χ0n) is 9.41. The smallest absolute Gasteiger partial charge is 0.407 e. The number of rotatable bonds is 3. The van der Waals surface area contributed by atoms with Crippen LogP contribution in [0, 0.1) is 6.92 Å². The van der Waals surface area contributed by atoms with Crippen LogP contribution in [0.2, 0.25) is 0 Å². The van der Waals surface area contributed by atoms with Crippen molar-refractivity contribution in [3.63, 3.8) is 0 Å². The summed E-state index contributed by atoms with van der Waals surface area (Å²) in [5, 5.41) is 2.78. The van der Waals surface area contributed by atoms with Crippen LogP contribution in [0.25, 0.3) is 0 Å². The second-order valence-electron chi connectivity index (χ2n) is 3.44. The fourth-order valence-electron chi connectivity index (χ4n) is 1.50. The molecule has 1 unspecified atom stereocenters. The van der Waals surface area contributed by atoms with Gasteiger partial charge in [0.25, 0.3) is 0 Å². The third-order valence-corrected chi connectivity index (χ3v) is 2.26. The van der Waals surface area contributed by atoms with E-state index in [1.165, 1.54) is 5.56 Å². The second kappa shape index (κ2) is 5.39. The number of hydrogen-bond acceptors (Lipinski definition) is 2. The van der Waals surface area contributed by atoms with Crippen molar-refractivity contribution in [2.75, 3.05) is 6.61 Å². The number of nitrogens with one attached hydrogen (secondary N) is 1. The minimum absolute atomic E-state index is 0.0229. The van der Waals surface area contributed by atoms with E-state index >= 15 is 0 Å². The summed E-state index contributed by atoms with van der Waals surface area (Å²) in [7, 11) is 0. The Morgan fingerprint density at radius 2 is 2.13 bits per heavy atom. The van der Waals surface area contributed by atoms with Crippen LogP contribution in [-0.4, -0.2) is 12.7 Å². The van der Waals surface area contributed by atoms with Gasteiger partial charge in [-0.1, -0.05) is 24.3 Å². The minimum Gasteiger partial charge on any atom is -0.450 e. The molecule has 3 heteroatoms. The molecule has 3 nitrogen and oxygen atoms in total. The van der Waals surface area contributed by atoms with Gasteiger partial charge >= 0.3 is 6.09 Å². The monoisotopic (exact) mass is 207 g/mol. The molecule has 0 saturated carbocycles. The van der Waals surface area contributed by atoms with E-state index in [1.54, 1.807) is 6.92 Å². The van der Waals surface area contributed by atoms with Crippen LogP contribution in [0.3, 0.4) is 0 Å². The molecule has 0 aromatic heterocycles. The highest BCUT2D eigenvalue weighted by molar-refractivity contribution is 5.67. The van der Waals surface area contributed by atoms with Crippen molar-refractivity contribution < 1.29 is 9.53 Å². The van der Waals surface area contributed by atoms with Crippen LogP contribution in [0.15, 0.2) is 24.3 Å². The fourth-order valence-corrected chi connectivity index (χ4v) is 1.50. The lowest BCUT2D eigenvalue weighted by molar-refractivity contribution is 0.149. The van der Waals surface area contributed by atoms with Crippen LogP contribution in [0.1, 0.15) is 31.0 Å². The van der Waals surface area contributed by atoms with Crippen LogP contribution in [0.5, 0.6) is 0 Å². The van der Waals surface area contributed by atoms with Crippen LogP contribution in [0.4, 0.5) is 4.79 Å². The van der Waals surface area contributed by atoms with Gasteiger partial charge in [0.05, 0.1) is 12.6 Å². The number of alkyl carbamates (subject to hydrolysis) is 1. The highest BCUT2D eigenvalue weighted by Crippen LogP contribution is 2.16. The maximum Gasteiger partial charge on any atom is 0.407 e. The van der Waals surface area contributed by atoms with Crippen LogP contribution >= 0.6 is 0 Å². The molecule has 0 heterocycles. The molecular formula is C12H17NO2. The highest BCUT2D eigenvalue weighted by atomic mass is 16.5. The lowest BCUT2D eigenvalue weighted by Crippen LogP contribution is -2.27. The molecule has 0 spiro atoms. The van der Waals surface area contributed by atoms with Gasteiger partial charge in [-0.3, -0.25) is 0 Å². The third kappa shape index (κ3) is 3.27. The Morgan fingerprint density at radius 3 is 2.73 bits per heavy atom. The summed E-state index contributed by atoms with van der Waals surface area (Å²) in [6.07, 6.45) is -0.367. The third-order valence-electron chi connectivity index (χ3n) is 2.26. The van der Waals surface area contributed by atoms with E-state index in [4.69, 9.17) is 4.74 Å². The molecule has 1 aromatic rings. The zero-order chi connectivity index (χ0) is 11.3. The molecule has 0 bridgehead atoms. The Labute approximate surface area is 90.4 Å². The van der Waals surface area contributed by atoms with Crippen molar-refractivity contribution in [1.29, 1.82) is 0 Å². The molecule has 0 fully saturated rings. The van der Waals surface area contributed by atoms with Crippen molar-refractivity contribution in [2.45, 2.75) is 26.8 Å².